The van der Waals surface area contributed by atoms with Gasteiger partial charge >= 0.3 is 5.97 Å². The van der Waals surface area contributed by atoms with Crippen LogP contribution in [-0.2, 0) is 25.1 Å². The fraction of sp³-hybridized carbons (Fsp3) is 0.778. The number of carbonyl (C=O) groups excluding carboxylic acids is 1. The lowest BCUT2D eigenvalue weighted by atomic mass is 10.3. The summed E-state index contributed by atoms with van der Waals surface area (Å²) < 4.78 is 15.6. The van der Waals surface area contributed by atoms with Gasteiger partial charge in [-0.1, -0.05) is 6.92 Å². The van der Waals surface area contributed by atoms with E-state index in [9.17, 15) is 13.8 Å². The molecule has 0 radical (unpaired) electrons. The van der Waals surface area contributed by atoms with Crippen molar-refractivity contribution < 1.29 is 23.6 Å². The van der Waals surface area contributed by atoms with E-state index in [0.717, 1.165) is 0 Å². The van der Waals surface area contributed by atoms with Crippen LogP contribution in [0.1, 0.15) is 13.3 Å². The number of ether oxygens (including phenoxy) is 1. The lowest BCUT2D eigenvalue weighted by Crippen LogP contribution is -2.31. The number of carboxylic acid groups (broad SMARTS) is 1. The third kappa shape index (κ3) is 8.37. The molecule has 0 aliphatic heterocycles. The minimum atomic E-state index is -1.11. The van der Waals surface area contributed by atoms with Gasteiger partial charge < -0.3 is 15.2 Å². The molecule has 0 saturated carbocycles. The van der Waals surface area contributed by atoms with Crippen molar-refractivity contribution in [2.75, 3.05) is 26.0 Å². The molecule has 0 aliphatic rings. The van der Waals surface area contributed by atoms with Gasteiger partial charge in [-0.2, -0.15) is 0 Å². The first kappa shape index (κ1) is 15.0. The number of amides is 1. The normalized spacial score (nSPS) is 14.1. The minimum absolute atomic E-state index is 0.0280. The van der Waals surface area contributed by atoms with Crippen LogP contribution in [0, 0.1) is 0 Å². The second-order valence-corrected chi connectivity index (χ2v) is 5.14. The Balaban J connectivity index is 3.51. The van der Waals surface area contributed by atoms with Crippen molar-refractivity contribution >= 4 is 22.7 Å². The Kier molecular flexibility index (Phi) is 7.74. The Bertz CT molecular complexity index is 269. The predicted octanol–water partition coefficient (Wildman–Crippen LogP) is -0.639. The van der Waals surface area contributed by atoms with Crippen LogP contribution in [0.2, 0.25) is 0 Å². The molecule has 0 aromatic rings. The van der Waals surface area contributed by atoms with Gasteiger partial charge in [-0.05, 0) is 6.42 Å². The van der Waals surface area contributed by atoms with Crippen LogP contribution < -0.4 is 5.32 Å². The molecule has 2 atom stereocenters. The van der Waals surface area contributed by atoms with Gasteiger partial charge in [-0.3, -0.25) is 9.00 Å². The third-order valence-corrected chi connectivity index (χ3v) is 3.27. The van der Waals surface area contributed by atoms with Crippen LogP contribution in [0.25, 0.3) is 0 Å². The Labute approximate surface area is 96.8 Å². The molecule has 6 nitrogen and oxygen atoms in total. The second kappa shape index (κ2) is 8.23. The predicted molar refractivity (Wildman–Crippen MR) is 59.6 cm³/mol. The van der Waals surface area contributed by atoms with E-state index in [2.05, 4.69) is 10.1 Å². The van der Waals surface area contributed by atoms with Crippen molar-refractivity contribution in [2.24, 2.45) is 0 Å². The maximum absolute atomic E-state index is 11.1. The van der Waals surface area contributed by atoms with Gasteiger partial charge in [-0.25, -0.2) is 4.79 Å². The average Bonchev–Trinajstić information content (AvgIpc) is 2.16. The van der Waals surface area contributed by atoms with E-state index in [1.807, 2.05) is 6.92 Å². The van der Waals surface area contributed by atoms with Crippen LogP contribution in [-0.4, -0.2) is 52.5 Å². The largest absolute Gasteiger partial charge is 0.480 e. The van der Waals surface area contributed by atoms with Gasteiger partial charge in [0.2, 0.25) is 5.91 Å². The second-order valence-electron chi connectivity index (χ2n) is 3.33. The van der Waals surface area contributed by atoms with Crippen LogP contribution in [0.5, 0.6) is 0 Å². The molecule has 16 heavy (non-hydrogen) atoms. The summed E-state index contributed by atoms with van der Waals surface area (Å²) in [6.07, 6.45) is 2.23. The number of nitrogens with one attached hydrogen (secondary N) is 1. The van der Waals surface area contributed by atoms with Gasteiger partial charge in [-0.15, -0.1) is 0 Å². The van der Waals surface area contributed by atoms with E-state index < -0.39 is 23.4 Å². The van der Waals surface area contributed by atoms with Gasteiger partial charge in [0.15, 0.2) is 0 Å². The maximum atomic E-state index is 11.1. The highest BCUT2D eigenvalue weighted by Gasteiger charge is 2.07. The standard InChI is InChI=1S/C9H17NO5S/c1-7(16(2)14)3-4-10-8(11)5-15-6-9(12)13/h7H,3-6H2,1-2H3,(H,10,11)(H,12,13). The Morgan fingerprint density at radius 3 is 2.56 bits per heavy atom. The summed E-state index contributed by atoms with van der Waals surface area (Å²) in [5.41, 5.74) is 0. The van der Waals surface area contributed by atoms with Crippen molar-refractivity contribution in [1.29, 1.82) is 0 Å². The summed E-state index contributed by atoms with van der Waals surface area (Å²) >= 11 is 0. The van der Waals surface area contributed by atoms with Crippen LogP contribution in [0.4, 0.5) is 0 Å². The summed E-state index contributed by atoms with van der Waals surface area (Å²) in [6, 6.07) is 0. The van der Waals surface area contributed by atoms with Gasteiger partial charge in [0.25, 0.3) is 0 Å². The SMILES string of the molecule is CC(CCNC(=O)COCC(=O)O)S(C)=O. The molecule has 0 rings (SSSR count). The molecule has 2 N–H and O–H groups in total. The van der Waals surface area contributed by atoms with Crippen molar-refractivity contribution in [1.82, 2.24) is 5.32 Å². The highest BCUT2D eigenvalue weighted by atomic mass is 32.2. The number of carbonyl (C=O) groups is 2. The molecule has 0 bridgehead atoms. The zero-order valence-corrected chi connectivity index (χ0v) is 10.2. The molecular formula is C9H17NO5S. The molecular weight excluding hydrogens is 234 g/mol. The number of hydrogen-bond donors (Lipinski definition) is 2. The van der Waals surface area contributed by atoms with Crippen molar-refractivity contribution in [3.8, 4) is 0 Å². The van der Waals surface area contributed by atoms with Crippen molar-refractivity contribution in [2.45, 2.75) is 18.6 Å². The molecule has 1 amide bonds. The molecule has 2 unspecified atom stereocenters. The molecule has 0 heterocycles. The molecule has 94 valence electrons. The first-order valence-corrected chi connectivity index (χ1v) is 6.44. The Morgan fingerprint density at radius 1 is 1.44 bits per heavy atom. The molecule has 0 aromatic carbocycles. The quantitative estimate of drug-likeness (QED) is 0.598. The van der Waals surface area contributed by atoms with E-state index in [1.165, 1.54) is 0 Å². The summed E-state index contributed by atoms with van der Waals surface area (Å²) in [5, 5.41) is 10.8. The molecule has 0 spiro atoms. The summed E-state index contributed by atoms with van der Waals surface area (Å²) in [6.45, 7) is 1.50. The summed E-state index contributed by atoms with van der Waals surface area (Å²) in [7, 11) is -0.897. The van der Waals surface area contributed by atoms with E-state index in [-0.39, 0.29) is 17.8 Å². The fourth-order valence-electron chi connectivity index (χ4n) is 0.863. The van der Waals surface area contributed by atoms with E-state index >= 15 is 0 Å². The van der Waals surface area contributed by atoms with E-state index in [4.69, 9.17) is 5.11 Å². The molecule has 0 aliphatic carbocycles. The zero-order valence-electron chi connectivity index (χ0n) is 9.39. The smallest absolute Gasteiger partial charge is 0.329 e. The number of hydrogen-bond acceptors (Lipinski definition) is 4. The van der Waals surface area contributed by atoms with Crippen molar-refractivity contribution in [3.05, 3.63) is 0 Å². The minimum Gasteiger partial charge on any atom is -0.480 e. The molecule has 7 heteroatoms. The highest BCUT2D eigenvalue weighted by Crippen LogP contribution is 1.96. The lowest BCUT2D eigenvalue weighted by molar-refractivity contribution is -0.143. The third-order valence-electron chi connectivity index (χ3n) is 1.90. The number of carboxylic acids is 1. The van der Waals surface area contributed by atoms with Crippen LogP contribution in [0.15, 0.2) is 0 Å². The first-order chi connectivity index (χ1) is 7.43. The Morgan fingerprint density at radius 2 is 2.06 bits per heavy atom. The first-order valence-electron chi connectivity index (χ1n) is 4.82. The Hall–Kier alpha value is -0.950. The van der Waals surface area contributed by atoms with E-state index in [1.54, 1.807) is 6.26 Å². The number of aliphatic carboxylic acids is 1. The lowest BCUT2D eigenvalue weighted by Gasteiger charge is -2.09. The zero-order chi connectivity index (χ0) is 12.6. The van der Waals surface area contributed by atoms with Crippen LogP contribution >= 0.6 is 0 Å². The number of rotatable bonds is 8. The maximum Gasteiger partial charge on any atom is 0.329 e. The van der Waals surface area contributed by atoms with Gasteiger partial charge in [0, 0.05) is 28.9 Å². The molecule has 0 aromatic heterocycles. The van der Waals surface area contributed by atoms with Gasteiger partial charge in [0.05, 0.1) is 0 Å². The fourth-order valence-corrected chi connectivity index (χ4v) is 1.31. The summed E-state index contributed by atoms with van der Waals surface area (Å²) in [4.78, 5) is 21.1. The average molecular weight is 251 g/mol. The molecule has 0 fully saturated rings. The summed E-state index contributed by atoms with van der Waals surface area (Å²) in [5.74, 6) is -1.47. The van der Waals surface area contributed by atoms with Crippen LogP contribution in [0.3, 0.4) is 0 Å². The van der Waals surface area contributed by atoms with E-state index in [0.29, 0.717) is 13.0 Å². The topological polar surface area (TPSA) is 92.7 Å². The van der Waals surface area contributed by atoms with Gasteiger partial charge in [0.1, 0.15) is 13.2 Å². The highest BCUT2D eigenvalue weighted by molar-refractivity contribution is 7.84. The molecule has 0 saturated heterocycles. The monoisotopic (exact) mass is 251 g/mol. The van der Waals surface area contributed by atoms with Crippen molar-refractivity contribution in [3.63, 3.8) is 0 Å².